The number of phenolic OH excluding ortho intramolecular Hbond substituents is 1. The number of imidazole rings is 1. The predicted molar refractivity (Wildman–Crippen MR) is 345 cm³/mol. The van der Waals surface area contributed by atoms with E-state index in [1.807, 2.05) is 0 Å². The molecule has 7 aromatic rings. The minimum absolute atomic E-state index is 0.0117. The van der Waals surface area contributed by atoms with Gasteiger partial charge in [0, 0.05) is 116 Å². The van der Waals surface area contributed by atoms with Crippen LogP contribution in [0.5, 0.6) is 5.75 Å². The Morgan fingerprint density at radius 3 is 1.89 bits per heavy atom. The van der Waals surface area contributed by atoms with Crippen molar-refractivity contribution in [2.24, 2.45) is 17.6 Å². The summed E-state index contributed by atoms with van der Waals surface area (Å²) in [6, 6.07) is 11.5. The summed E-state index contributed by atoms with van der Waals surface area (Å²) < 4.78 is 29.7. The van der Waals surface area contributed by atoms with E-state index >= 15 is 9.59 Å². The van der Waals surface area contributed by atoms with Gasteiger partial charge in [0.15, 0.2) is 5.78 Å². The monoisotopic (exact) mass is 1340 g/mol. The molecule has 0 aliphatic carbocycles. The molecule has 97 heavy (non-hydrogen) atoms. The SMILES string of the molecule is CC(=O)C[C@@H]1CCCNC(=O)c2ccc(cc2)CC(C(N)=O)NC(=O)[C@]2(C)CCCN2C(=O)[C@H](Cc2ccc(O)cc2)NC(=O)[C@H](Cc2cnc[nH]2)NC(=O)[C@H](CC(=O)O)CC(=O)[C@H](Cc2c[nH]c3ccc(F)cc23)NC(=O)[C@H](Cc2c[nH]c3ccc(F)cc23)NC(=O)CNC1=O. The number of phenols is 1. The molecule has 6 heterocycles. The van der Waals surface area contributed by atoms with Crippen molar-refractivity contribution in [2.45, 2.75) is 127 Å². The highest BCUT2D eigenvalue weighted by Crippen LogP contribution is 2.32. The average molecular weight is 1340 g/mol. The van der Waals surface area contributed by atoms with Crippen molar-refractivity contribution in [2.75, 3.05) is 19.6 Å². The number of hydrogen-bond donors (Lipinski definition) is 13. The topological polar surface area (TPSA) is 419 Å². The summed E-state index contributed by atoms with van der Waals surface area (Å²) in [6.45, 7) is 2.04. The number of nitrogens with one attached hydrogen (secondary N) is 10. The van der Waals surface area contributed by atoms with Crippen molar-refractivity contribution in [1.82, 2.24) is 62.1 Å². The second-order valence-corrected chi connectivity index (χ2v) is 24.8. The number of aliphatic carboxylic acids is 1. The summed E-state index contributed by atoms with van der Waals surface area (Å²) in [6.07, 6.45) is 2.40. The number of carbonyl (C=O) groups is 12. The summed E-state index contributed by atoms with van der Waals surface area (Å²) >= 11 is 0. The standard InChI is InChI=1S/C68H75F2N13O14/c1-36(84)21-40-5-3-19-73-61(91)39-10-6-37(7-11-39)22-53(60(71)90)82-67(97)68(2)18-4-20-83(68)66(96)56(23-38-8-14-47(85)15-9-38)81-65(95)55(30-46-33-72-35-77-46)80-63(93)41(27-59(88)89)26-57(86)52(24-42-31-74-50-16-12-44(69)28-48(42)50)79-64(94)54(78-58(87)34-76-62(40)92)25-43-32-75-51-17-13-45(70)29-49(43)51/h6-17,28-29,31-33,35,40-41,52-56,74-75,85H,3-5,18-27,30,34H2,1-2H3,(H2,71,90)(H,72,77)(H,73,91)(H,76,92)(H,78,87)(H,79,94)(H,80,93)(H,81,95)(H,82,97)(H,88,89)/t40-,41-,52-,53?,54-,55-,56-,68-/m0/s1. The minimum atomic E-state index is -1.80. The molecule has 1 saturated heterocycles. The number of benzene rings is 4. The van der Waals surface area contributed by atoms with E-state index in [0.717, 1.165) is 0 Å². The quantitative estimate of drug-likeness (QED) is 0.0738. The van der Waals surface area contributed by atoms with Gasteiger partial charge in [-0.05, 0) is 122 Å². The number of nitrogens with zero attached hydrogens (tertiary/aromatic N) is 2. The molecule has 3 aliphatic rings. The first-order valence-corrected chi connectivity index (χ1v) is 31.6. The van der Waals surface area contributed by atoms with Crippen LogP contribution in [0.25, 0.3) is 21.8 Å². The average Bonchev–Trinajstić information content (AvgIpc) is 1.68. The number of aromatic hydroxyl groups is 1. The lowest BCUT2D eigenvalue weighted by Crippen LogP contribution is -2.63. The lowest BCUT2D eigenvalue weighted by Gasteiger charge is -2.37. The molecule has 10 rings (SSSR count). The molecule has 2 bridgehead atoms. The summed E-state index contributed by atoms with van der Waals surface area (Å²) in [4.78, 5) is 183. The number of halogens is 2. The van der Waals surface area contributed by atoms with E-state index < -0.39 is 150 Å². The Labute approximate surface area is 553 Å². The number of carboxylic acid groups (broad SMARTS) is 1. The molecule has 0 radical (unpaired) electrons. The highest BCUT2D eigenvalue weighted by Gasteiger charge is 2.49. The van der Waals surface area contributed by atoms with Crippen LogP contribution in [-0.2, 0) is 84.8 Å². The third-order valence-corrected chi connectivity index (χ3v) is 17.5. The molecule has 3 aliphatic heterocycles. The van der Waals surface area contributed by atoms with Crippen molar-refractivity contribution in [3.63, 3.8) is 0 Å². The maximum atomic E-state index is 15.2. The van der Waals surface area contributed by atoms with Crippen LogP contribution in [0.1, 0.15) is 97.1 Å². The van der Waals surface area contributed by atoms with Crippen molar-refractivity contribution in [1.29, 1.82) is 0 Å². The number of ketones is 2. The first-order valence-electron chi connectivity index (χ1n) is 31.6. The molecule has 3 aromatic heterocycles. The minimum Gasteiger partial charge on any atom is -0.508 e. The summed E-state index contributed by atoms with van der Waals surface area (Å²) in [7, 11) is 0. The number of nitrogens with two attached hydrogens (primary N) is 1. The molecule has 14 N–H and O–H groups in total. The van der Waals surface area contributed by atoms with Gasteiger partial charge < -0.3 is 77.8 Å². The number of Topliss-reactive ketones (excluding diaryl/α,β-unsaturated/α-hetero) is 2. The van der Waals surface area contributed by atoms with Crippen molar-refractivity contribution < 1.29 is 76.5 Å². The van der Waals surface area contributed by atoms with Gasteiger partial charge in [-0.3, -0.25) is 52.7 Å². The fourth-order valence-electron chi connectivity index (χ4n) is 12.3. The summed E-state index contributed by atoms with van der Waals surface area (Å²) in [5.74, 6) is -14.9. The van der Waals surface area contributed by atoms with E-state index in [2.05, 4.69) is 57.2 Å². The number of rotatable bonds is 13. The maximum Gasteiger partial charge on any atom is 0.304 e. The highest BCUT2D eigenvalue weighted by molar-refractivity contribution is 6.01. The van der Waals surface area contributed by atoms with Crippen molar-refractivity contribution in [3.05, 3.63) is 155 Å². The zero-order chi connectivity index (χ0) is 69.7. The maximum absolute atomic E-state index is 15.2. The number of carbonyl (C=O) groups excluding carboxylic acids is 11. The molecule has 9 amide bonds. The zero-order valence-corrected chi connectivity index (χ0v) is 53.1. The van der Waals surface area contributed by atoms with Crippen molar-refractivity contribution >= 4 is 92.5 Å². The molecule has 1 unspecified atom stereocenters. The third-order valence-electron chi connectivity index (χ3n) is 17.5. The Kier molecular flexibility index (Phi) is 22.7. The van der Waals surface area contributed by atoms with Crippen LogP contribution in [0.15, 0.2) is 110 Å². The second kappa shape index (κ2) is 31.4. The predicted octanol–water partition coefficient (Wildman–Crippen LogP) is 2.45. The third kappa shape index (κ3) is 18.2. The van der Waals surface area contributed by atoms with Gasteiger partial charge >= 0.3 is 5.97 Å². The Morgan fingerprint density at radius 1 is 0.660 bits per heavy atom. The van der Waals surface area contributed by atoms with Gasteiger partial charge in [-0.15, -0.1) is 0 Å². The normalized spacial score (nSPS) is 22.8. The highest BCUT2D eigenvalue weighted by atomic mass is 19.1. The Hall–Kier alpha value is -11.1. The largest absolute Gasteiger partial charge is 0.508 e. The molecule has 0 saturated carbocycles. The van der Waals surface area contributed by atoms with Crippen LogP contribution >= 0.6 is 0 Å². The first-order chi connectivity index (χ1) is 46.3. The Bertz CT molecular complexity index is 4120. The van der Waals surface area contributed by atoms with Crippen LogP contribution in [0.4, 0.5) is 8.78 Å². The van der Waals surface area contributed by atoms with E-state index in [9.17, 15) is 66.9 Å². The lowest BCUT2D eigenvalue weighted by molar-refractivity contribution is -0.147. The fourth-order valence-corrected chi connectivity index (χ4v) is 12.3. The number of aromatic nitrogens is 4. The van der Waals surface area contributed by atoms with E-state index in [0.29, 0.717) is 33.1 Å². The lowest BCUT2D eigenvalue weighted by atomic mass is 9.91. The molecule has 510 valence electrons. The Morgan fingerprint density at radius 2 is 1.28 bits per heavy atom. The molecular weight excluding hydrogens is 1260 g/mol. The smallest absolute Gasteiger partial charge is 0.304 e. The van der Waals surface area contributed by atoms with Crippen LogP contribution in [0.2, 0.25) is 0 Å². The van der Waals surface area contributed by atoms with Crippen LogP contribution in [0.3, 0.4) is 0 Å². The van der Waals surface area contributed by atoms with Gasteiger partial charge in [-0.25, -0.2) is 13.8 Å². The number of primary amides is 1. The summed E-state index contributed by atoms with van der Waals surface area (Å²) in [5.41, 5.74) is 7.03. The van der Waals surface area contributed by atoms with Gasteiger partial charge in [0.2, 0.25) is 47.3 Å². The van der Waals surface area contributed by atoms with Gasteiger partial charge in [-0.1, -0.05) is 24.3 Å². The number of H-pyrrole nitrogens is 3. The van der Waals surface area contributed by atoms with Crippen molar-refractivity contribution in [3.8, 4) is 5.75 Å². The molecule has 27 nitrogen and oxygen atoms in total. The molecular formula is C68H75F2N13O14. The van der Waals surface area contributed by atoms with E-state index in [1.54, 1.807) is 12.1 Å². The molecule has 8 atom stereocenters. The Balaban J connectivity index is 1.07. The van der Waals surface area contributed by atoms with E-state index in [-0.39, 0.29) is 105 Å². The van der Waals surface area contributed by atoms with E-state index in [1.165, 1.54) is 116 Å². The fraction of sp³-hybridized carbons (Fsp3) is 0.368. The second-order valence-electron chi connectivity index (χ2n) is 24.8. The number of aromatic amines is 3. The van der Waals surface area contributed by atoms with Crippen LogP contribution < -0.4 is 43.0 Å². The number of carboxylic acids is 1. The zero-order valence-electron chi connectivity index (χ0n) is 53.1. The van der Waals surface area contributed by atoms with Gasteiger partial charge in [-0.2, -0.15) is 0 Å². The summed E-state index contributed by atoms with van der Waals surface area (Å²) in [5, 5.41) is 39.7. The first kappa shape index (κ1) is 70.2. The molecule has 0 spiro atoms. The molecule has 29 heteroatoms. The van der Waals surface area contributed by atoms with Crippen LogP contribution in [-0.4, -0.2) is 161 Å². The van der Waals surface area contributed by atoms with Crippen LogP contribution in [0, 0.1) is 23.5 Å². The van der Waals surface area contributed by atoms with Gasteiger partial charge in [0.25, 0.3) is 5.91 Å². The number of hydrogen-bond acceptors (Lipinski definition) is 14. The van der Waals surface area contributed by atoms with Gasteiger partial charge in [0.05, 0.1) is 31.3 Å². The number of fused-ring (bicyclic) bond motifs is 31. The van der Waals surface area contributed by atoms with E-state index in [4.69, 9.17) is 5.73 Å². The number of amides is 9. The van der Waals surface area contributed by atoms with Gasteiger partial charge in [0.1, 0.15) is 52.9 Å². The molecule has 1 fully saturated rings. The molecule has 4 aromatic carbocycles.